The van der Waals surface area contributed by atoms with E-state index in [0.29, 0.717) is 22.2 Å². The van der Waals surface area contributed by atoms with Gasteiger partial charge in [0.1, 0.15) is 5.56 Å². The molecule has 0 atom stereocenters. The topological polar surface area (TPSA) is 88.3 Å². The third-order valence-electron chi connectivity index (χ3n) is 9.38. The van der Waals surface area contributed by atoms with Crippen LogP contribution in [0.5, 0.6) is 0 Å². The van der Waals surface area contributed by atoms with Crippen molar-refractivity contribution >= 4 is 17.4 Å². The summed E-state index contributed by atoms with van der Waals surface area (Å²) in [6.07, 6.45) is 5.33. The van der Waals surface area contributed by atoms with E-state index < -0.39 is 23.4 Å². The second-order valence-corrected chi connectivity index (χ2v) is 12.4. The van der Waals surface area contributed by atoms with Gasteiger partial charge in [-0.1, -0.05) is 29.8 Å². The average molecular weight is 607 g/mol. The Morgan fingerprint density at radius 1 is 1.00 bits per heavy atom. The van der Waals surface area contributed by atoms with Crippen molar-refractivity contribution < 1.29 is 27.9 Å². The molecule has 2 fully saturated rings. The monoisotopic (exact) mass is 606 g/mol. The van der Waals surface area contributed by atoms with Crippen molar-refractivity contribution in [2.75, 3.05) is 13.1 Å². The number of hydrogen-bond donors (Lipinski definition) is 1. The molecule has 0 spiro atoms. The highest BCUT2D eigenvalue weighted by Crippen LogP contribution is 2.38. The number of carboxylic acid groups (broad SMARTS) is 1. The Hall–Kier alpha value is -3.95. The van der Waals surface area contributed by atoms with Gasteiger partial charge in [0.15, 0.2) is 11.5 Å². The van der Waals surface area contributed by atoms with Crippen LogP contribution in [0.3, 0.4) is 0 Å². The van der Waals surface area contributed by atoms with Crippen LogP contribution in [-0.2, 0) is 17.4 Å². The van der Waals surface area contributed by atoms with Gasteiger partial charge in [0.05, 0.1) is 11.9 Å². The van der Waals surface area contributed by atoms with Gasteiger partial charge in [-0.15, -0.1) is 0 Å². The molecule has 2 aromatic heterocycles. The number of likely N-dealkylation sites (tertiary alicyclic amines) is 1. The lowest BCUT2D eigenvalue weighted by Gasteiger charge is -2.32. The van der Waals surface area contributed by atoms with Crippen LogP contribution in [0.2, 0.25) is 0 Å². The normalized spacial score (nSPS) is 18.1. The molecule has 2 aliphatic carbocycles. The van der Waals surface area contributed by atoms with Gasteiger partial charge in [-0.3, -0.25) is 4.79 Å². The number of aryl methyl sites for hydroxylation is 2. The zero-order chi connectivity index (χ0) is 31.0. The Balaban J connectivity index is 1.18. The SMILES string of the molecule is Cc1cc(C2CCN(C(=O)C3CC3)CC2)ccc1CCC1=C(c2cccc(-n3ncc(C(=O)O)c3C(F)(F)F)n2)CCCC1. The highest BCUT2D eigenvalue weighted by Gasteiger charge is 2.41. The summed E-state index contributed by atoms with van der Waals surface area (Å²) in [6, 6.07) is 11.6. The molecule has 1 N–H and O–H groups in total. The van der Waals surface area contributed by atoms with Gasteiger partial charge in [0.2, 0.25) is 5.91 Å². The number of halogens is 3. The first-order valence-electron chi connectivity index (χ1n) is 15.6. The molecule has 3 heterocycles. The highest BCUT2D eigenvalue weighted by molar-refractivity contribution is 5.89. The van der Waals surface area contributed by atoms with Gasteiger partial charge in [0.25, 0.3) is 0 Å². The minimum absolute atomic E-state index is 0.0612. The first-order valence-corrected chi connectivity index (χ1v) is 15.6. The molecule has 3 aromatic rings. The van der Waals surface area contributed by atoms with E-state index in [9.17, 15) is 27.9 Å². The molecular weight excluding hydrogens is 569 g/mol. The third-order valence-corrected chi connectivity index (χ3v) is 9.38. The molecule has 232 valence electrons. The first kappa shape index (κ1) is 30.1. The van der Waals surface area contributed by atoms with Crippen LogP contribution in [0.25, 0.3) is 11.4 Å². The standard InChI is InChI=1S/C34H37F3N4O3/c1-21-19-26(23-15-17-40(18-16-23)32(42)25-12-13-25)14-10-22(21)9-11-24-5-2-3-6-27(24)29-7-4-8-30(39-29)41-31(34(35,36)37)28(20-38-41)33(43)44/h4,7-8,10,14,19-20,23,25H,2-3,5-6,9,11-13,15-18H2,1H3,(H,43,44). The number of allylic oxidation sites excluding steroid dienone is 2. The molecule has 1 saturated heterocycles. The lowest BCUT2D eigenvalue weighted by Crippen LogP contribution is -2.38. The summed E-state index contributed by atoms with van der Waals surface area (Å²) < 4.78 is 42.1. The quantitative estimate of drug-likeness (QED) is 0.289. The summed E-state index contributed by atoms with van der Waals surface area (Å²) in [5.74, 6) is -0.664. The molecule has 0 radical (unpaired) electrons. The maximum atomic E-state index is 13.8. The fraction of sp³-hybridized carbons (Fsp3) is 0.471. The molecule has 1 amide bonds. The Morgan fingerprint density at radius 3 is 2.43 bits per heavy atom. The van der Waals surface area contributed by atoms with Crippen LogP contribution in [0.1, 0.15) is 102 Å². The molecule has 10 heteroatoms. The second-order valence-electron chi connectivity index (χ2n) is 12.4. The fourth-order valence-electron chi connectivity index (χ4n) is 6.77. The van der Waals surface area contributed by atoms with E-state index in [2.05, 4.69) is 35.2 Å². The van der Waals surface area contributed by atoms with Crippen LogP contribution in [0.15, 0.2) is 48.2 Å². The maximum absolute atomic E-state index is 13.8. The summed E-state index contributed by atoms with van der Waals surface area (Å²) >= 11 is 0. The summed E-state index contributed by atoms with van der Waals surface area (Å²) in [6.45, 7) is 3.83. The minimum Gasteiger partial charge on any atom is -0.478 e. The van der Waals surface area contributed by atoms with Gasteiger partial charge < -0.3 is 10.0 Å². The number of carbonyl (C=O) groups is 2. The lowest BCUT2D eigenvalue weighted by molar-refractivity contribution is -0.143. The number of amides is 1. The van der Waals surface area contributed by atoms with Gasteiger partial charge in [0, 0.05) is 19.0 Å². The molecular formula is C34H37F3N4O3. The van der Waals surface area contributed by atoms with E-state index in [1.54, 1.807) is 6.07 Å². The first-order chi connectivity index (χ1) is 21.1. The largest absolute Gasteiger partial charge is 0.478 e. The van der Waals surface area contributed by atoms with Crippen LogP contribution < -0.4 is 0 Å². The van der Waals surface area contributed by atoms with Crippen molar-refractivity contribution in [2.45, 2.75) is 83.2 Å². The van der Waals surface area contributed by atoms with Gasteiger partial charge in [-0.25, -0.2) is 14.5 Å². The Morgan fingerprint density at radius 2 is 1.75 bits per heavy atom. The van der Waals surface area contributed by atoms with E-state index in [1.807, 2.05) is 11.0 Å². The number of rotatable bonds is 8. The van der Waals surface area contributed by atoms with Crippen LogP contribution in [-0.4, -0.2) is 49.7 Å². The molecule has 0 unspecified atom stereocenters. The number of aromatic carboxylic acids is 1. The highest BCUT2D eigenvalue weighted by atomic mass is 19.4. The van der Waals surface area contributed by atoms with E-state index in [-0.39, 0.29) is 11.7 Å². The average Bonchev–Trinajstić information content (AvgIpc) is 3.76. The van der Waals surface area contributed by atoms with Crippen molar-refractivity contribution in [1.29, 1.82) is 0 Å². The molecule has 3 aliphatic rings. The minimum atomic E-state index is -4.91. The molecule has 7 nitrogen and oxygen atoms in total. The fourth-order valence-corrected chi connectivity index (χ4v) is 6.77. The zero-order valence-electron chi connectivity index (χ0n) is 24.9. The molecule has 1 saturated carbocycles. The zero-order valence-corrected chi connectivity index (χ0v) is 24.9. The number of alkyl halides is 3. The van der Waals surface area contributed by atoms with Crippen molar-refractivity contribution in [2.24, 2.45) is 5.92 Å². The number of pyridine rings is 1. The molecule has 0 bridgehead atoms. The predicted octanol–water partition coefficient (Wildman–Crippen LogP) is 7.37. The van der Waals surface area contributed by atoms with E-state index in [1.165, 1.54) is 28.3 Å². The molecule has 1 aromatic carbocycles. The van der Waals surface area contributed by atoms with Crippen LogP contribution in [0.4, 0.5) is 13.2 Å². The van der Waals surface area contributed by atoms with E-state index >= 15 is 0 Å². The predicted molar refractivity (Wildman–Crippen MR) is 159 cm³/mol. The number of hydrogen-bond acceptors (Lipinski definition) is 4. The Kier molecular flexibility index (Phi) is 8.35. The summed E-state index contributed by atoms with van der Waals surface area (Å²) in [7, 11) is 0. The summed E-state index contributed by atoms with van der Waals surface area (Å²) in [5.41, 5.74) is 4.55. The second kappa shape index (κ2) is 12.2. The summed E-state index contributed by atoms with van der Waals surface area (Å²) in [5, 5.41) is 13.0. The van der Waals surface area contributed by atoms with Gasteiger partial charge in [-0.2, -0.15) is 18.3 Å². The smallest absolute Gasteiger partial charge is 0.434 e. The number of nitrogens with zero attached hydrogens (tertiary/aromatic N) is 4. The van der Waals surface area contributed by atoms with Gasteiger partial charge >= 0.3 is 12.1 Å². The van der Waals surface area contributed by atoms with Gasteiger partial charge in [-0.05, 0) is 111 Å². The van der Waals surface area contributed by atoms with Crippen molar-refractivity contribution in [1.82, 2.24) is 19.7 Å². The van der Waals surface area contributed by atoms with E-state index in [4.69, 9.17) is 0 Å². The summed E-state index contributed by atoms with van der Waals surface area (Å²) in [4.78, 5) is 30.5. The van der Waals surface area contributed by atoms with Crippen molar-refractivity contribution in [3.05, 3.63) is 81.8 Å². The van der Waals surface area contributed by atoms with E-state index in [0.717, 1.165) is 89.1 Å². The number of aromatic nitrogens is 3. The van der Waals surface area contributed by atoms with Crippen molar-refractivity contribution in [3.8, 4) is 5.82 Å². The number of benzene rings is 1. The molecule has 44 heavy (non-hydrogen) atoms. The third kappa shape index (κ3) is 6.30. The maximum Gasteiger partial charge on any atom is 0.434 e. The molecule has 1 aliphatic heterocycles. The number of carbonyl (C=O) groups excluding carboxylic acids is 1. The van der Waals surface area contributed by atoms with Crippen molar-refractivity contribution in [3.63, 3.8) is 0 Å². The van der Waals surface area contributed by atoms with Crippen LogP contribution in [0, 0.1) is 12.8 Å². The Labute approximate surface area is 254 Å². The number of carboxylic acids is 1. The van der Waals surface area contributed by atoms with Crippen LogP contribution >= 0.6 is 0 Å². The number of piperidine rings is 1. The molecule has 6 rings (SSSR count). The Bertz CT molecular complexity index is 1600. The lowest BCUT2D eigenvalue weighted by atomic mass is 9.84.